The summed E-state index contributed by atoms with van der Waals surface area (Å²) >= 11 is 0. The zero-order chi connectivity index (χ0) is 17.1. The molecule has 1 fully saturated rings. The first-order valence-electron chi connectivity index (χ1n) is 7.54. The van der Waals surface area contributed by atoms with E-state index < -0.39 is 11.0 Å². The lowest BCUT2D eigenvalue weighted by Crippen LogP contribution is -2.42. The minimum Gasteiger partial charge on any atom is -0.366 e. The van der Waals surface area contributed by atoms with Gasteiger partial charge in [0, 0.05) is 23.7 Å². The maximum Gasteiger partial charge on any atom is 0.273 e. The van der Waals surface area contributed by atoms with Crippen LogP contribution in [0.5, 0.6) is 0 Å². The average Bonchev–Trinajstić information content (AvgIpc) is 3.15. The standard InChI is InChI=1S/C15H16N4O5/c1-2-10-3-4-11(7-12(10)19(21)22)15(20)18-5-6-23-13(8-18)14-16-9-24-17-14/h3-4,7,9,13H,2,5-6,8H2,1H3. The summed E-state index contributed by atoms with van der Waals surface area (Å²) in [4.78, 5) is 28.9. The summed E-state index contributed by atoms with van der Waals surface area (Å²) in [6.45, 7) is 2.83. The molecule has 1 aromatic carbocycles. The van der Waals surface area contributed by atoms with Crippen LogP contribution in [-0.4, -0.2) is 45.6 Å². The quantitative estimate of drug-likeness (QED) is 0.619. The van der Waals surface area contributed by atoms with E-state index in [1.807, 2.05) is 6.92 Å². The van der Waals surface area contributed by atoms with E-state index in [4.69, 9.17) is 9.26 Å². The normalized spacial score (nSPS) is 17.7. The molecule has 0 N–H and O–H groups in total. The van der Waals surface area contributed by atoms with Crippen LogP contribution in [0.2, 0.25) is 0 Å². The highest BCUT2D eigenvalue weighted by Gasteiger charge is 2.29. The second-order valence-corrected chi connectivity index (χ2v) is 5.35. The van der Waals surface area contributed by atoms with Crippen molar-refractivity contribution in [1.82, 2.24) is 15.0 Å². The molecule has 2 heterocycles. The van der Waals surface area contributed by atoms with Crippen LogP contribution in [0.4, 0.5) is 5.69 Å². The highest BCUT2D eigenvalue weighted by molar-refractivity contribution is 5.95. The van der Waals surface area contributed by atoms with Gasteiger partial charge in [0.1, 0.15) is 6.10 Å². The van der Waals surface area contributed by atoms with Crippen molar-refractivity contribution < 1.29 is 19.0 Å². The molecule has 9 heteroatoms. The van der Waals surface area contributed by atoms with Crippen LogP contribution in [0.3, 0.4) is 0 Å². The number of aromatic nitrogens is 2. The predicted molar refractivity (Wildman–Crippen MR) is 81.4 cm³/mol. The minimum atomic E-state index is -0.466. The van der Waals surface area contributed by atoms with Gasteiger partial charge in [-0.3, -0.25) is 14.9 Å². The van der Waals surface area contributed by atoms with Gasteiger partial charge >= 0.3 is 0 Å². The van der Waals surface area contributed by atoms with Crippen molar-refractivity contribution in [1.29, 1.82) is 0 Å². The van der Waals surface area contributed by atoms with E-state index in [1.165, 1.54) is 12.5 Å². The lowest BCUT2D eigenvalue weighted by Gasteiger charge is -2.31. The van der Waals surface area contributed by atoms with Gasteiger partial charge in [-0.1, -0.05) is 18.1 Å². The van der Waals surface area contributed by atoms with Gasteiger partial charge in [-0.2, -0.15) is 4.98 Å². The molecule has 126 valence electrons. The largest absolute Gasteiger partial charge is 0.366 e. The number of rotatable bonds is 4. The Bertz CT molecular complexity index is 746. The van der Waals surface area contributed by atoms with Gasteiger partial charge in [0.2, 0.25) is 12.2 Å². The summed E-state index contributed by atoms with van der Waals surface area (Å²) in [7, 11) is 0. The third-order valence-corrected chi connectivity index (χ3v) is 3.93. The van der Waals surface area contributed by atoms with Gasteiger partial charge in [-0.05, 0) is 12.5 Å². The van der Waals surface area contributed by atoms with Crippen LogP contribution in [0, 0.1) is 10.1 Å². The molecular formula is C15H16N4O5. The molecule has 0 saturated carbocycles. The Balaban J connectivity index is 1.81. The molecule has 1 aromatic heterocycles. The summed E-state index contributed by atoms with van der Waals surface area (Å²) in [6.07, 6.45) is 1.26. The number of benzene rings is 1. The number of nitrogens with zero attached hydrogens (tertiary/aromatic N) is 4. The summed E-state index contributed by atoms with van der Waals surface area (Å²) in [5.41, 5.74) is 0.849. The highest BCUT2D eigenvalue weighted by Crippen LogP contribution is 2.24. The smallest absolute Gasteiger partial charge is 0.273 e. The number of amides is 1. The van der Waals surface area contributed by atoms with E-state index in [9.17, 15) is 14.9 Å². The van der Waals surface area contributed by atoms with Crippen molar-refractivity contribution in [3.63, 3.8) is 0 Å². The molecule has 3 rings (SSSR count). The fraction of sp³-hybridized carbons (Fsp3) is 0.400. The molecule has 1 amide bonds. The molecule has 1 saturated heterocycles. The minimum absolute atomic E-state index is 0.0358. The number of hydrogen-bond acceptors (Lipinski definition) is 7. The SMILES string of the molecule is CCc1ccc(C(=O)N2CCOC(c3ncon3)C2)cc1[N+](=O)[O-]. The Hall–Kier alpha value is -2.81. The summed E-state index contributed by atoms with van der Waals surface area (Å²) in [6, 6.07) is 4.58. The van der Waals surface area contributed by atoms with Gasteiger partial charge in [-0.15, -0.1) is 0 Å². The molecule has 0 aliphatic carbocycles. The van der Waals surface area contributed by atoms with Crippen molar-refractivity contribution >= 4 is 11.6 Å². The number of nitro groups is 1. The van der Waals surface area contributed by atoms with Crippen LogP contribution in [0.25, 0.3) is 0 Å². The molecule has 0 bridgehead atoms. The zero-order valence-electron chi connectivity index (χ0n) is 13.0. The number of ether oxygens (including phenoxy) is 1. The topological polar surface area (TPSA) is 112 Å². The summed E-state index contributed by atoms with van der Waals surface area (Å²) < 4.78 is 10.2. The molecule has 1 atom stereocenters. The van der Waals surface area contributed by atoms with Crippen LogP contribution in [0.15, 0.2) is 29.1 Å². The lowest BCUT2D eigenvalue weighted by molar-refractivity contribution is -0.385. The summed E-state index contributed by atoms with van der Waals surface area (Å²) in [5, 5.41) is 14.9. The predicted octanol–water partition coefficient (Wildman–Crippen LogP) is 1.75. The highest BCUT2D eigenvalue weighted by atomic mass is 16.6. The zero-order valence-corrected chi connectivity index (χ0v) is 13.0. The second-order valence-electron chi connectivity index (χ2n) is 5.35. The van der Waals surface area contributed by atoms with E-state index in [2.05, 4.69) is 10.1 Å². The number of morpholine rings is 1. The Kier molecular flexibility index (Phi) is 4.52. The molecule has 24 heavy (non-hydrogen) atoms. The lowest BCUT2D eigenvalue weighted by atomic mass is 10.1. The van der Waals surface area contributed by atoms with Gasteiger partial charge in [0.25, 0.3) is 11.6 Å². The molecular weight excluding hydrogens is 316 g/mol. The Labute approximate surface area is 137 Å². The van der Waals surface area contributed by atoms with Crippen molar-refractivity contribution in [3.8, 4) is 0 Å². The molecule has 0 radical (unpaired) electrons. The maximum atomic E-state index is 12.7. The molecule has 2 aromatic rings. The van der Waals surface area contributed by atoms with Gasteiger partial charge in [0.05, 0.1) is 18.1 Å². The first-order valence-corrected chi connectivity index (χ1v) is 7.54. The van der Waals surface area contributed by atoms with E-state index in [0.29, 0.717) is 31.0 Å². The molecule has 1 unspecified atom stereocenters. The summed E-state index contributed by atoms with van der Waals surface area (Å²) in [5.74, 6) is 0.0948. The first-order chi connectivity index (χ1) is 11.6. The van der Waals surface area contributed by atoms with E-state index in [0.717, 1.165) is 0 Å². The second kappa shape index (κ2) is 6.75. The number of nitro benzene ring substituents is 1. The van der Waals surface area contributed by atoms with Crippen LogP contribution in [0.1, 0.15) is 34.8 Å². The molecule has 1 aliphatic rings. The fourth-order valence-electron chi connectivity index (χ4n) is 2.66. The Morgan fingerprint density at radius 1 is 1.50 bits per heavy atom. The Morgan fingerprint density at radius 2 is 2.33 bits per heavy atom. The molecule has 0 spiro atoms. The third kappa shape index (κ3) is 3.11. The van der Waals surface area contributed by atoms with Crippen molar-refractivity contribution in [2.45, 2.75) is 19.4 Å². The van der Waals surface area contributed by atoms with Crippen molar-refractivity contribution in [3.05, 3.63) is 51.7 Å². The van der Waals surface area contributed by atoms with Crippen LogP contribution >= 0.6 is 0 Å². The van der Waals surface area contributed by atoms with Gasteiger partial charge in [0.15, 0.2) is 0 Å². The average molecular weight is 332 g/mol. The van der Waals surface area contributed by atoms with Gasteiger partial charge < -0.3 is 14.2 Å². The third-order valence-electron chi connectivity index (χ3n) is 3.93. The Morgan fingerprint density at radius 3 is 3.00 bits per heavy atom. The maximum absolute atomic E-state index is 12.7. The fourth-order valence-corrected chi connectivity index (χ4v) is 2.66. The monoisotopic (exact) mass is 332 g/mol. The number of aryl methyl sites for hydroxylation is 1. The molecule has 9 nitrogen and oxygen atoms in total. The van der Waals surface area contributed by atoms with Crippen LogP contribution < -0.4 is 0 Å². The van der Waals surface area contributed by atoms with Crippen molar-refractivity contribution in [2.75, 3.05) is 19.7 Å². The molecule has 1 aliphatic heterocycles. The van der Waals surface area contributed by atoms with Crippen molar-refractivity contribution in [2.24, 2.45) is 0 Å². The van der Waals surface area contributed by atoms with E-state index >= 15 is 0 Å². The van der Waals surface area contributed by atoms with E-state index in [-0.39, 0.29) is 23.7 Å². The van der Waals surface area contributed by atoms with E-state index in [1.54, 1.807) is 17.0 Å². The van der Waals surface area contributed by atoms with Crippen LogP contribution in [-0.2, 0) is 11.2 Å². The number of hydrogen-bond donors (Lipinski definition) is 0. The first kappa shape index (κ1) is 16.1. The van der Waals surface area contributed by atoms with Gasteiger partial charge in [-0.25, -0.2) is 0 Å². The number of carbonyl (C=O) groups is 1. The number of carbonyl (C=O) groups excluding carboxylic acids is 1.